The number of nitrogens with two attached hydrogens (primary N) is 1. The molecule has 0 aromatic heterocycles. The lowest BCUT2D eigenvalue weighted by Gasteiger charge is -2.21. The van der Waals surface area contributed by atoms with Crippen LogP contribution in [0, 0.1) is 11.7 Å². The zero-order chi connectivity index (χ0) is 17.4. The monoisotopic (exact) mass is 326 g/mol. The van der Waals surface area contributed by atoms with Gasteiger partial charge in [-0.25, -0.2) is 9.18 Å². The van der Waals surface area contributed by atoms with E-state index in [2.05, 4.69) is 10.1 Å². The third-order valence-electron chi connectivity index (χ3n) is 3.58. The summed E-state index contributed by atoms with van der Waals surface area (Å²) in [6.45, 7) is 3.72. The summed E-state index contributed by atoms with van der Waals surface area (Å²) >= 11 is 0. The summed E-state index contributed by atoms with van der Waals surface area (Å²) in [5.74, 6) is -1.12. The van der Waals surface area contributed by atoms with Gasteiger partial charge in [0.2, 0.25) is 12.0 Å². The molecule has 0 bridgehead atoms. The van der Waals surface area contributed by atoms with Crippen LogP contribution in [0.25, 0.3) is 0 Å². The minimum atomic E-state index is -1.04. The molecule has 0 heterocycles. The van der Waals surface area contributed by atoms with Gasteiger partial charge >= 0.3 is 5.97 Å². The SMILES string of the molecule is CCC(C)C(N)C(=O)NCC(Oc1ccc(F)cc1)C(=O)OC. The molecule has 3 N–H and O–H groups in total. The first-order valence-corrected chi connectivity index (χ1v) is 7.42. The van der Waals surface area contributed by atoms with Gasteiger partial charge in [-0.05, 0) is 30.2 Å². The van der Waals surface area contributed by atoms with E-state index >= 15 is 0 Å². The number of hydrogen-bond donors (Lipinski definition) is 2. The smallest absolute Gasteiger partial charge is 0.348 e. The van der Waals surface area contributed by atoms with Gasteiger partial charge in [0.15, 0.2) is 0 Å². The van der Waals surface area contributed by atoms with Gasteiger partial charge in [-0.2, -0.15) is 0 Å². The molecule has 128 valence electrons. The van der Waals surface area contributed by atoms with Crippen LogP contribution in [0.15, 0.2) is 24.3 Å². The van der Waals surface area contributed by atoms with E-state index in [0.717, 1.165) is 6.42 Å². The van der Waals surface area contributed by atoms with Crippen LogP contribution in [0.2, 0.25) is 0 Å². The first kappa shape index (κ1) is 18.9. The van der Waals surface area contributed by atoms with Crippen LogP contribution >= 0.6 is 0 Å². The van der Waals surface area contributed by atoms with E-state index in [0.29, 0.717) is 5.75 Å². The Kier molecular flexibility index (Phi) is 7.47. The third-order valence-corrected chi connectivity index (χ3v) is 3.58. The lowest BCUT2D eigenvalue weighted by molar-refractivity contribution is -0.148. The molecule has 0 aliphatic rings. The number of hydrogen-bond acceptors (Lipinski definition) is 5. The number of benzene rings is 1. The fourth-order valence-corrected chi connectivity index (χ4v) is 1.81. The molecule has 0 saturated carbocycles. The molecule has 3 atom stereocenters. The second kappa shape index (κ2) is 9.09. The van der Waals surface area contributed by atoms with E-state index in [1.54, 1.807) is 0 Å². The average Bonchev–Trinajstić information content (AvgIpc) is 2.57. The van der Waals surface area contributed by atoms with Crippen LogP contribution in [-0.4, -0.2) is 37.7 Å². The van der Waals surface area contributed by atoms with Crippen molar-refractivity contribution in [2.24, 2.45) is 11.7 Å². The molecule has 0 saturated heterocycles. The molecule has 0 fully saturated rings. The summed E-state index contributed by atoms with van der Waals surface area (Å²) in [6.07, 6.45) is -0.278. The molecular formula is C16H23FN2O4. The summed E-state index contributed by atoms with van der Waals surface area (Å²) in [5.41, 5.74) is 5.82. The summed E-state index contributed by atoms with van der Waals surface area (Å²) in [4.78, 5) is 23.7. The number of amides is 1. The maximum absolute atomic E-state index is 12.9. The maximum atomic E-state index is 12.9. The number of carbonyl (C=O) groups excluding carboxylic acids is 2. The molecule has 1 rings (SSSR count). The number of rotatable bonds is 8. The number of esters is 1. The van der Waals surface area contributed by atoms with Crippen molar-refractivity contribution in [3.8, 4) is 5.75 Å². The second-order valence-corrected chi connectivity index (χ2v) is 5.24. The molecule has 1 amide bonds. The Labute approximate surface area is 135 Å². The fourth-order valence-electron chi connectivity index (χ4n) is 1.81. The van der Waals surface area contributed by atoms with Crippen molar-refractivity contribution in [3.05, 3.63) is 30.1 Å². The highest BCUT2D eigenvalue weighted by molar-refractivity contribution is 5.83. The van der Waals surface area contributed by atoms with Gasteiger partial charge in [0.25, 0.3) is 0 Å². The number of carbonyl (C=O) groups is 2. The van der Waals surface area contributed by atoms with Gasteiger partial charge < -0.3 is 20.5 Å². The molecule has 0 spiro atoms. The van der Waals surface area contributed by atoms with Crippen LogP contribution in [0.4, 0.5) is 4.39 Å². The Morgan fingerprint density at radius 3 is 2.43 bits per heavy atom. The van der Waals surface area contributed by atoms with Gasteiger partial charge in [-0.15, -0.1) is 0 Å². The molecular weight excluding hydrogens is 303 g/mol. The third kappa shape index (κ3) is 5.86. The second-order valence-electron chi connectivity index (χ2n) is 5.24. The normalized spacial score (nSPS) is 14.5. The Morgan fingerprint density at radius 1 is 1.30 bits per heavy atom. The molecule has 0 radical (unpaired) electrons. The largest absolute Gasteiger partial charge is 0.477 e. The lowest BCUT2D eigenvalue weighted by atomic mass is 9.99. The first-order chi connectivity index (χ1) is 10.9. The van der Waals surface area contributed by atoms with Crippen LogP contribution in [0.5, 0.6) is 5.75 Å². The van der Waals surface area contributed by atoms with E-state index in [4.69, 9.17) is 10.5 Å². The zero-order valence-electron chi connectivity index (χ0n) is 13.5. The Morgan fingerprint density at radius 2 is 1.91 bits per heavy atom. The Bertz CT molecular complexity index is 521. The summed E-state index contributed by atoms with van der Waals surface area (Å²) in [7, 11) is 1.22. The van der Waals surface area contributed by atoms with E-state index < -0.39 is 23.9 Å². The van der Waals surface area contributed by atoms with E-state index in [-0.39, 0.29) is 18.4 Å². The molecule has 7 heteroatoms. The van der Waals surface area contributed by atoms with Crippen molar-refractivity contribution < 1.29 is 23.5 Å². The van der Waals surface area contributed by atoms with Crippen molar-refractivity contribution in [2.45, 2.75) is 32.4 Å². The van der Waals surface area contributed by atoms with Gasteiger partial charge in [-0.1, -0.05) is 20.3 Å². The maximum Gasteiger partial charge on any atom is 0.348 e. The van der Waals surface area contributed by atoms with Gasteiger partial charge in [0, 0.05) is 0 Å². The van der Waals surface area contributed by atoms with Gasteiger partial charge in [0.1, 0.15) is 11.6 Å². The quantitative estimate of drug-likeness (QED) is 0.701. The molecule has 6 nitrogen and oxygen atoms in total. The predicted octanol–water partition coefficient (Wildman–Crippen LogP) is 1.24. The molecule has 1 aromatic carbocycles. The number of methoxy groups -OCH3 is 1. The molecule has 0 aliphatic heterocycles. The minimum absolute atomic E-state index is 0.0181. The Hall–Kier alpha value is -2.15. The number of halogens is 1. The fraction of sp³-hybridized carbons (Fsp3) is 0.500. The van der Waals surface area contributed by atoms with E-state index in [1.165, 1.54) is 31.4 Å². The van der Waals surface area contributed by atoms with Crippen molar-refractivity contribution in [3.63, 3.8) is 0 Å². The number of ether oxygens (including phenoxy) is 2. The molecule has 1 aromatic rings. The van der Waals surface area contributed by atoms with Crippen molar-refractivity contribution in [1.82, 2.24) is 5.32 Å². The standard InChI is InChI=1S/C16H23FN2O4/c1-4-10(2)14(18)15(20)19-9-13(16(21)22-3)23-12-7-5-11(17)6-8-12/h5-8,10,13-14H,4,9,18H2,1-3H3,(H,19,20). The van der Waals surface area contributed by atoms with Crippen LogP contribution in [0.1, 0.15) is 20.3 Å². The first-order valence-electron chi connectivity index (χ1n) is 7.42. The number of nitrogens with one attached hydrogen (secondary N) is 1. The minimum Gasteiger partial charge on any atom is -0.477 e. The Balaban J connectivity index is 2.66. The van der Waals surface area contributed by atoms with Crippen LogP contribution in [0.3, 0.4) is 0 Å². The van der Waals surface area contributed by atoms with Crippen molar-refractivity contribution >= 4 is 11.9 Å². The highest BCUT2D eigenvalue weighted by Crippen LogP contribution is 2.13. The van der Waals surface area contributed by atoms with E-state index in [1.807, 2.05) is 13.8 Å². The summed E-state index contributed by atoms with van der Waals surface area (Å²) in [6, 6.07) is 4.53. The van der Waals surface area contributed by atoms with E-state index in [9.17, 15) is 14.0 Å². The summed E-state index contributed by atoms with van der Waals surface area (Å²) < 4.78 is 23.0. The molecule has 3 unspecified atom stereocenters. The van der Waals surface area contributed by atoms with Gasteiger partial charge in [-0.3, -0.25) is 4.79 Å². The van der Waals surface area contributed by atoms with Crippen LogP contribution < -0.4 is 15.8 Å². The molecule has 0 aliphatic carbocycles. The van der Waals surface area contributed by atoms with Crippen molar-refractivity contribution in [2.75, 3.05) is 13.7 Å². The molecule has 23 heavy (non-hydrogen) atoms. The summed E-state index contributed by atoms with van der Waals surface area (Å²) in [5, 5.41) is 2.58. The lowest BCUT2D eigenvalue weighted by Crippen LogP contribution is -2.49. The predicted molar refractivity (Wildman–Crippen MR) is 83.3 cm³/mol. The van der Waals surface area contributed by atoms with Crippen molar-refractivity contribution in [1.29, 1.82) is 0 Å². The average molecular weight is 326 g/mol. The van der Waals surface area contributed by atoms with Gasteiger partial charge in [0.05, 0.1) is 19.7 Å². The highest BCUT2D eigenvalue weighted by Gasteiger charge is 2.25. The highest BCUT2D eigenvalue weighted by atomic mass is 19.1. The van der Waals surface area contributed by atoms with Crippen LogP contribution in [-0.2, 0) is 14.3 Å². The zero-order valence-corrected chi connectivity index (χ0v) is 13.5. The topological polar surface area (TPSA) is 90.7 Å².